The average Bonchev–Trinajstić information content (AvgIpc) is 2.56. The Labute approximate surface area is 240 Å². The van der Waals surface area contributed by atoms with E-state index in [1.807, 2.05) is 0 Å². The van der Waals surface area contributed by atoms with Crippen molar-refractivity contribution in [2.45, 2.75) is 62.3 Å². The number of hydrogen-bond acceptors (Lipinski definition) is 13. The zero-order chi connectivity index (χ0) is 20.8. The van der Waals surface area contributed by atoms with Gasteiger partial charge in [0.15, 0.2) is 0 Å². The van der Waals surface area contributed by atoms with Crippen molar-refractivity contribution in [3.8, 4) is 0 Å². The van der Waals surface area contributed by atoms with E-state index in [4.69, 9.17) is 5.73 Å². The summed E-state index contributed by atoms with van der Waals surface area (Å²) in [6.45, 7) is 0.240. The molecule has 0 aromatic rings. The van der Waals surface area contributed by atoms with E-state index in [0.29, 0.717) is 19.4 Å². The summed E-state index contributed by atoms with van der Waals surface area (Å²) in [7, 11) is -10.8. The van der Waals surface area contributed by atoms with Crippen molar-refractivity contribution in [3.63, 3.8) is 0 Å². The number of phosphoric ester groups is 2. The fraction of sp³-hybridized carbons (Fsp3) is 1.00. The Bertz CT molecular complexity index is 559. The van der Waals surface area contributed by atoms with Crippen LogP contribution >= 0.6 is 15.6 Å². The van der Waals surface area contributed by atoms with Crippen LogP contribution in [0.3, 0.4) is 0 Å². The first-order valence-corrected chi connectivity index (χ1v) is 11.1. The van der Waals surface area contributed by atoms with E-state index in [1.165, 1.54) is 0 Å². The summed E-state index contributed by atoms with van der Waals surface area (Å²) in [4.78, 5) is 33.3. The average molecular weight is 505 g/mol. The number of nitrogens with two attached hydrogens (primary N) is 1. The van der Waals surface area contributed by atoms with Crippen molar-refractivity contribution in [2.24, 2.45) is 5.73 Å². The van der Waals surface area contributed by atoms with Crippen molar-refractivity contribution in [3.05, 3.63) is 0 Å². The zero-order valence-electron chi connectivity index (χ0n) is 17.2. The van der Waals surface area contributed by atoms with Gasteiger partial charge in [-0.3, -0.25) is 4.57 Å². The first kappa shape index (κ1) is 37.6. The third-order valence-corrected chi connectivity index (χ3v) is 5.40. The van der Waals surface area contributed by atoms with Gasteiger partial charge in [-0.15, -0.1) is 0 Å². The molecule has 1 saturated carbocycles. The van der Waals surface area contributed by atoms with Crippen LogP contribution in [0, 0.1) is 0 Å². The van der Waals surface area contributed by atoms with Gasteiger partial charge < -0.3 is 59.0 Å². The van der Waals surface area contributed by atoms with Gasteiger partial charge >= 0.3 is 88.7 Å². The van der Waals surface area contributed by atoms with Crippen LogP contribution in [-0.4, -0.2) is 70.2 Å². The molecule has 0 spiro atoms. The quantitative estimate of drug-likeness (QED) is 0.0997. The molecular formula is C12H24NNa3O12P2. The Morgan fingerprint density at radius 1 is 0.733 bits per heavy atom. The first-order valence-electron chi connectivity index (χ1n) is 8.16. The van der Waals surface area contributed by atoms with E-state index in [2.05, 4.69) is 13.6 Å². The minimum absolute atomic E-state index is 0. The largest absolute Gasteiger partial charge is 1.00 e. The van der Waals surface area contributed by atoms with Crippen LogP contribution in [0.5, 0.6) is 0 Å². The molecule has 0 aromatic carbocycles. The van der Waals surface area contributed by atoms with E-state index >= 15 is 0 Å². The van der Waals surface area contributed by atoms with Gasteiger partial charge in [0.05, 0.1) is 14.4 Å². The maximum absolute atomic E-state index is 11.8. The predicted octanol–water partition coefficient (Wildman–Crippen LogP) is -12.9. The topological polar surface area (TPSA) is 238 Å². The summed E-state index contributed by atoms with van der Waals surface area (Å²) in [6, 6.07) is 0. The summed E-state index contributed by atoms with van der Waals surface area (Å²) < 4.78 is 35.6. The van der Waals surface area contributed by atoms with Gasteiger partial charge in [-0.2, -0.15) is 0 Å². The van der Waals surface area contributed by atoms with Crippen LogP contribution in [0.2, 0.25) is 0 Å². The van der Waals surface area contributed by atoms with Gasteiger partial charge in [-0.05, 0) is 19.4 Å². The van der Waals surface area contributed by atoms with E-state index in [1.54, 1.807) is 0 Å². The van der Waals surface area contributed by atoms with Crippen LogP contribution in [0.1, 0.15) is 25.7 Å². The van der Waals surface area contributed by atoms with Crippen molar-refractivity contribution in [1.82, 2.24) is 0 Å². The van der Waals surface area contributed by atoms with Crippen LogP contribution < -0.4 is 109 Å². The Balaban J connectivity index is -0.00000243. The Morgan fingerprint density at radius 2 is 1.20 bits per heavy atom. The fourth-order valence-corrected chi connectivity index (χ4v) is 4.04. The van der Waals surface area contributed by atoms with Gasteiger partial charge in [0.1, 0.15) is 36.6 Å². The summed E-state index contributed by atoms with van der Waals surface area (Å²) in [5, 5.41) is 39.2. The molecule has 0 amide bonds. The molecular weight excluding hydrogens is 481 g/mol. The van der Waals surface area contributed by atoms with Crippen molar-refractivity contribution >= 4 is 15.6 Å². The minimum atomic E-state index is -5.72. The Hall–Kier alpha value is 3.02. The second-order valence-electron chi connectivity index (χ2n) is 6.03. The molecule has 1 rings (SSSR count). The number of hydrogen-bond donors (Lipinski definition) is 5. The minimum Gasteiger partial charge on any atom is -0.790 e. The maximum Gasteiger partial charge on any atom is 1.00 e. The number of rotatable bonds is 11. The van der Waals surface area contributed by atoms with Gasteiger partial charge in [0, 0.05) is 0 Å². The number of aliphatic hydroxyl groups excluding tert-OH is 4. The molecule has 0 bridgehead atoms. The zero-order valence-corrected chi connectivity index (χ0v) is 25.0. The van der Waals surface area contributed by atoms with Crippen molar-refractivity contribution in [1.29, 1.82) is 0 Å². The SMILES string of the molecule is NCCCCCCOP(=O)([O-])O[C@H]1[C@H](O)[C@@H](OP(=O)([O-])[O-])[C@H](O)[C@@H](O)[C@H]1O.[Na+].[Na+].[Na+]. The second-order valence-corrected chi connectivity index (χ2v) is 8.50. The Morgan fingerprint density at radius 3 is 1.67 bits per heavy atom. The molecule has 0 radical (unpaired) electrons. The monoisotopic (exact) mass is 505 g/mol. The standard InChI is InChI=1S/C12H27NO12P2.3Na/c13-5-3-1-2-4-6-23-27(21,22)25-12-9(16)7(14)8(15)11(10(12)17)24-26(18,19)20;;;/h7-12,14-17H,1-6,13H2,(H,21,22)(H2,18,19,20);;;/q;3*+1/p-3/t7-,8-,9-,10-,11+,12-;;;/m1.../s1. The van der Waals surface area contributed by atoms with Gasteiger partial charge in [-0.25, -0.2) is 0 Å². The first-order chi connectivity index (χ1) is 12.4. The molecule has 1 unspecified atom stereocenters. The van der Waals surface area contributed by atoms with Crippen molar-refractivity contribution in [2.75, 3.05) is 13.2 Å². The van der Waals surface area contributed by atoms with Gasteiger partial charge in [-0.1, -0.05) is 12.8 Å². The third kappa shape index (κ3) is 13.2. The second kappa shape index (κ2) is 17.4. The molecule has 1 aliphatic carbocycles. The normalized spacial score (nSPS) is 30.9. The van der Waals surface area contributed by atoms with Gasteiger partial charge in [0.25, 0.3) is 7.82 Å². The summed E-state index contributed by atoms with van der Waals surface area (Å²) in [5.41, 5.74) is 5.31. The molecule has 162 valence electrons. The van der Waals surface area contributed by atoms with Crippen LogP contribution in [0.25, 0.3) is 0 Å². The Kier molecular flexibility index (Phi) is 21.9. The summed E-state index contributed by atoms with van der Waals surface area (Å²) in [5.74, 6) is 0. The molecule has 0 saturated heterocycles. The molecule has 1 fully saturated rings. The molecule has 18 heteroatoms. The molecule has 7 atom stereocenters. The molecule has 1 aliphatic rings. The molecule has 0 heterocycles. The van der Waals surface area contributed by atoms with Crippen LogP contribution in [0.15, 0.2) is 0 Å². The number of aliphatic hydroxyl groups is 4. The van der Waals surface area contributed by atoms with E-state index < -0.39 is 52.3 Å². The van der Waals surface area contributed by atoms with Crippen LogP contribution in [0.4, 0.5) is 0 Å². The van der Waals surface area contributed by atoms with E-state index in [9.17, 15) is 44.2 Å². The van der Waals surface area contributed by atoms with Gasteiger partial charge in [0.2, 0.25) is 0 Å². The molecule has 30 heavy (non-hydrogen) atoms. The smallest absolute Gasteiger partial charge is 0.790 e. The maximum atomic E-state index is 11.8. The number of phosphoric acid groups is 2. The molecule has 13 nitrogen and oxygen atoms in total. The molecule has 0 aromatic heterocycles. The van der Waals surface area contributed by atoms with Crippen LogP contribution in [-0.2, 0) is 22.7 Å². The summed E-state index contributed by atoms with van der Waals surface area (Å²) in [6.07, 6.45) is -10.6. The van der Waals surface area contributed by atoms with Crippen molar-refractivity contribution < 1.29 is 146 Å². The number of unbranched alkanes of at least 4 members (excludes halogenated alkanes) is 3. The molecule has 6 N–H and O–H groups in total. The van der Waals surface area contributed by atoms with E-state index in [0.717, 1.165) is 12.8 Å². The predicted molar refractivity (Wildman–Crippen MR) is 82.5 cm³/mol. The third-order valence-electron chi connectivity index (χ3n) is 3.90. The van der Waals surface area contributed by atoms with E-state index in [-0.39, 0.29) is 95.3 Å². The molecule has 0 aliphatic heterocycles. The summed E-state index contributed by atoms with van der Waals surface area (Å²) >= 11 is 0. The fourth-order valence-electron chi connectivity index (χ4n) is 2.54.